The van der Waals surface area contributed by atoms with Gasteiger partial charge in [0.05, 0.1) is 5.92 Å². The van der Waals surface area contributed by atoms with E-state index in [-0.39, 0.29) is 23.9 Å². The topological polar surface area (TPSA) is 66.8 Å². The number of ether oxygens (including phenoxy) is 1. The summed E-state index contributed by atoms with van der Waals surface area (Å²) in [7, 11) is 0. The average Bonchev–Trinajstić information content (AvgIpc) is 2.28. The molecule has 2 rings (SSSR count). The monoisotopic (exact) mass is 255 g/mol. The number of hydrogen-bond acceptors (Lipinski definition) is 3. The third-order valence-electron chi connectivity index (χ3n) is 4.23. The van der Waals surface area contributed by atoms with Crippen molar-refractivity contribution in [2.45, 2.75) is 45.2 Å². The van der Waals surface area contributed by atoms with Crippen LogP contribution in [0.2, 0.25) is 0 Å². The second-order valence-electron chi connectivity index (χ2n) is 5.43. The van der Waals surface area contributed by atoms with E-state index < -0.39 is 11.9 Å². The minimum atomic E-state index is -0.792. The summed E-state index contributed by atoms with van der Waals surface area (Å²) in [6.07, 6.45) is 1.98. The summed E-state index contributed by atoms with van der Waals surface area (Å²) in [5.41, 5.74) is 0. The first-order chi connectivity index (χ1) is 8.52. The Morgan fingerprint density at radius 3 is 2.50 bits per heavy atom. The second-order valence-corrected chi connectivity index (χ2v) is 5.43. The van der Waals surface area contributed by atoms with Gasteiger partial charge in [-0.05, 0) is 25.7 Å². The predicted molar refractivity (Wildman–Crippen MR) is 65.1 cm³/mol. The Morgan fingerprint density at radius 2 is 1.94 bits per heavy atom. The normalized spacial score (nSPS) is 34.7. The summed E-state index contributed by atoms with van der Waals surface area (Å²) in [4.78, 5) is 25.3. The van der Waals surface area contributed by atoms with Gasteiger partial charge in [-0.25, -0.2) is 0 Å². The lowest BCUT2D eigenvalue weighted by atomic mass is 9.79. The number of carbonyl (C=O) groups is 2. The van der Waals surface area contributed by atoms with E-state index in [4.69, 9.17) is 4.74 Å². The molecule has 2 aliphatic rings. The van der Waals surface area contributed by atoms with Gasteiger partial charge >= 0.3 is 5.97 Å². The van der Waals surface area contributed by atoms with E-state index >= 15 is 0 Å². The molecule has 102 valence electrons. The molecule has 3 unspecified atom stereocenters. The van der Waals surface area contributed by atoms with Crippen molar-refractivity contribution in [2.24, 2.45) is 11.8 Å². The molecule has 2 heterocycles. The highest BCUT2D eigenvalue weighted by atomic mass is 16.5. The zero-order chi connectivity index (χ0) is 13.3. The van der Waals surface area contributed by atoms with Crippen molar-refractivity contribution in [3.8, 4) is 0 Å². The number of likely N-dealkylation sites (tertiary alicyclic amines) is 1. The highest BCUT2D eigenvalue weighted by Gasteiger charge is 2.44. The molecule has 0 bridgehead atoms. The molecule has 2 saturated heterocycles. The van der Waals surface area contributed by atoms with Crippen LogP contribution in [-0.2, 0) is 14.3 Å². The van der Waals surface area contributed by atoms with Crippen LogP contribution in [0, 0.1) is 11.8 Å². The molecule has 0 aromatic rings. The van der Waals surface area contributed by atoms with Crippen LogP contribution in [0.25, 0.3) is 0 Å². The summed E-state index contributed by atoms with van der Waals surface area (Å²) < 4.78 is 5.30. The van der Waals surface area contributed by atoms with Crippen molar-refractivity contribution in [1.82, 2.24) is 4.90 Å². The van der Waals surface area contributed by atoms with Gasteiger partial charge in [-0.15, -0.1) is 0 Å². The molecule has 0 aliphatic carbocycles. The number of carboxylic acids is 1. The smallest absolute Gasteiger partial charge is 0.308 e. The maximum absolute atomic E-state index is 12.2. The van der Waals surface area contributed by atoms with Crippen LogP contribution in [0.4, 0.5) is 0 Å². The molecule has 0 aromatic heterocycles. The van der Waals surface area contributed by atoms with E-state index in [0.29, 0.717) is 19.6 Å². The summed E-state index contributed by atoms with van der Waals surface area (Å²) in [5.74, 6) is -1.23. The van der Waals surface area contributed by atoms with Crippen molar-refractivity contribution >= 4 is 11.9 Å². The van der Waals surface area contributed by atoms with Crippen molar-refractivity contribution in [1.29, 1.82) is 0 Å². The van der Waals surface area contributed by atoms with Crippen LogP contribution in [0.5, 0.6) is 0 Å². The molecule has 0 saturated carbocycles. The Kier molecular flexibility index (Phi) is 3.90. The number of amides is 1. The van der Waals surface area contributed by atoms with Crippen LogP contribution in [0.3, 0.4) is 0 Å². The van der Waals surface area contributed by atoms with Crippen molar-refractivity contribution in [2.75, 3.05) is 13.2 Å². The zero-order valence-electron chi connectivity index (χ0n) is 11.0. The summed E-state index contributed by atoms with van der Waals surface area (Å²) in [6.45, 7) is 5.04. The number of carbonyl (C=O) groups excluding carboxylic acids is 1. The van der Waals surface area contributed by atoms with Crippen LogP contribution in [0.1, 0.15) is 33.1 Å². The molecule has 5 nitrogen and oxygen atoms in total. The molecule has 18 heavy (non-hydrogen) atoms. The predicted octanol–water partition coefficient (Wildman–Crippen LogP) is 1.12. The largest absolute Gasteiger partial charge is 0.481 e. The maximum Gasteiger partial charge on any atom is 0.308 e. The van der Waals surface area contributed by atoms with E-state index in [1.165, 1.54) is 0 Å². The standard InChI is InChI=1S/C13H21NO4/c1-8-7-11(15)14(9(2)12(8)13(16)17)10-3-5-18-6-4-10/h8-10,12H,3-7H2,1-2H3,(H,16,17). The van der Waals surface area contributed by atoms with Gasteiger partial charge < -0.3 is 14.7 Å². The van der Waals surface area contributed by atoms with E-state index in [2.05, 4.69) is 0 Å². The number of aliphatic carboxylic acids is 1. The SMILES string of the molecule is CC1CC(=O)N(C2CCOCC2)C(C)C1C(=O)O. The minimum absolute atomic E-state index is 0.0823. The molecule has 5 heteroatoms. The highest BCUT2D eigenvalue weighted by Crippen LogP contribution is 2.33. The zero-order valence-corrected chi connectivity index (χ0v) is 11.0. The molecule has 0 spiro atoms. The van der Waals surface area contributed by atoms with Crippen molar-refractivity contribution in [3.63, 3.8) is 0 Å². The van der Waals surface area contributed by atoms with Crippen LogP contribution < -0.4 is 0 Å². The fraction of sp³-hybridized carbons (Fsp3) is 0.846. The third kappa shape index (κ3) is 2.36. The second kappa shape index (κ2) is 5.26. The average molecular weight is 255 g/mol. The molecule has 1 amide bonds. The summed E-state index contributed by atoms with van der Waals surface area (Å²) >= 11 is 0. The summed E-state index contributed by atoms with van der Waals surface area (Å²) in [5, 5.41) is 9.32. The van der Waals surface area contributed by atoms with Crippen LogP contribution in [-0.4, -0.2) is 47.2 Å². The first kappa shape index (κ1) is 13.3. The minimum Gasteiger partial charge on any atom is -0.481 e. The fourth-order valence-electron chi connectivity index (χ4n) is 3.33. The number of rotatable bonds is 2. The van der Waals surface area contributed by atoms with Gasteiger partial charge in [-0.3, -0.25) is 9.59 Å². The van der Waals surface area contributed by atoms with Gasteiger partial charge in [0, 0.05) is 31.7 Å². The summed E-state index contributed by atoms with van der Waals surface area (Å²) in [6, 6.07) is -0.0718. The molecule has 2 aliphatic heterocycles. The Labute approximate surface area is 107 Å². The Morgan fingerprint density at radius 1 is 1.33 bits per heavy atom. The molecule has 1 N–H and O–H groups in total. The fourth-order valence-corrected chi connectivity index (χ4v) is 3.33. The number of piperidine rings is 1. The maximum atomic E-state index is 12.2. The van der Waals surface area contributed by atoms with Gasteiger partial charge in [0.2, 0.25) is 5.91 Å². The third-order valence-corrected chi connectivity index (χ3v) is 4.23. The van der Waals surface area contributed by atoms with Crippen LogP contribution in [0.15, 0.2) is 0 Å². The van der Waals surface area contributed by atoms with E-state index in [9.17, 15) is 14.7 Å². The van der Waals surface area contributed by atoms with E-state index in [1.807, 2.05) is 13.8 Å². The lowest BCUT2D eigenvalue weighted by molar-refractivity contribution is -0.158. The van der Waals surface area contributed by atoms with Gasteiger partial charge in [-0.2, -0.15) is 0 Å². The Bertz CT molecular complexity index is 338. The first-order valence-corrected chi connectivity index (χ1v) is 6.64. The van der Waals surface area contributed by atoms with Crippen LogP contribution >= 0.6 is 0 Å². The van der Waals surface area contributed by atoms with E-state index in [1.54, 1.807) is 4.90 Å². The Balaban J connectivity index is 2.17. The lowest BCUT2D eigenvalue weighted by Gasteiger charge is -2.45. The molecular formula is C13H21NO4. The van der Waals surface area contributed by atoms with Crippen molar-refractivity contribution < 1.29 is 19.4 Å². The molecule has 0 aromatic carbocycles. The first-order valence-electron chi connectivity index (χ1n) is 6.64. The number of hydrogen-bond donors (Lipinski definition) is 1. The van der Waals surface area contributed by atoms with E-state index in [0.717, 1.165) is 12.8 Å². The molecule has 3 atom stereocenters. The highest BCUT2D eigenvalue weighted by molar-refractivity contribution is 5.82. The van der Waals surface area contributed by atoms with Crippen molar-refractivity contribution in [3.05, 3.63) is 0 Å². The molecular weight excluding hydrogens is 234 g/mol. The molecule has 2 fully saturated rings. The number of nitrogens with zero attached hydrogens (tertiary/aromatic N) is 1. The van der Waals surface area contributed by atoms with Gasteiger partial charge in [0.25, 0.3) is 0 Å². The lowest BCUT2D eigenvalue weighted by Crippen LogP contribution is -2.57. The quantitative estimate of drug-likeness (QED) is 0.803. The molecule has 0 radical (unpaired) electrons. The number of carboxylic acid groups (broad SMARTS) is 1. The Hall–Kier alpha value is -1.10. The van der Waals surface area contributed by atoms with Gasteiger partial charge in [0.1, 0.15) is 0 Å². The van der Waals surface area contributed by atoms with Gasteiger partial charge in [0.15, 0.2) is 0 Å². The van der Waals surface area contributed by atoms with Gasteiger partial charge in [-0.1, -0.05) is 6.92 Å².